The fourth-order valence-electron chi connectivity index (χ4n) is 2.57. The summed E-state index contributed by atoms with van der Waals surface area (Å²) in [5.74, 6) is 0.150. The lowest BCUT2D eigenvalue weighted by atomic mass is 10.1. The van der Waals surface area contributed by atoms with Crippen molar-refractivity contribution < 1.29 is 5.11 Å². The topological polar surface area (TPSA) is 75.1 Å². The SMILES string of the molecule is CC(C1CC1)n1c(O)c(-c2ccccc2)c(=O)[nH]c1=O. The molecule has 0 spiro atoms. The van der Waals surface area contributed by atoms with Crippen LogP contribution in [0.25, 0.3) is 11.1 Å². The Bertz CT molecular complexity index is 742. The third kappa shape index (κ3) is 2.05. The van der Waals surface area contributed by atoms with Crippen LogP contribution in [0, 0.1) is 5.92 Å². The van der Waals surface area contributed by atoms with E-state index in [0.29, 0.717) is 11.5 Å². The van der Waals surface area contributed by atoms with Crippen LogP contribution in [0.4, 0.5) is 0 Å². The van der Waals surface area contributed by atoms with Crippen molar-refractivity contribution in [2.45, 2.75) is 25.8 Å². The van der Waals surface area contributed by atoms with Crippen LogP contribution in [0.15, 0.2) is 39.9 Å². The summed E-state index contributed by atoms with van der Waals surface area (Å²) < 4.78 is 1.29. The van der Waals surface area contributed by atoms with Gasteiger partial charge in [0.05, 0.1) is 0 Å². The number of rotatable bonds is 3. The monoisotopic (exact) mass is 272 g/mol. The number of benzene rings is 1. The molecule has 1 aromatic carbocycles. The minimum atomic E-state index is -0.557. The maximum Gasteiger partial charge on any atom is 0.331 e. The summed E-state index contributed by atoms with van der Waals surface area (Å²) in [5, 5.41) is 10.4. The van der Waals surface area contributed by atoms with Crippen molar-refractivity contribution in [2.75, 3.05) is 0 Å². The molecule has 0 bridgehead atoms. The van der Waals surface area contributed by atoms with Crippen LogP contribution < -0.4 is 11.2 Å². The lowest BCUT2D eigenvalue weighted by Gasteiger charge is -2.17. The highest BCUT2D eigenvalue weighted by atomic mass is 16.3. The van der Waals surface area contributed by atoms with E-state index in [1.807, 2.05) is 13.0 Å². The Kier molecular flexibility index (Phi) is 2.97. The maximum atomic E-state index is 12.0. The van der Waals surface area contributed by atoms with Crippen molar-refractivity contribution in [3.05, 3.63) is 51.2 Å². The molecule has 0 amide bonds. The number of H-pyrrole nitrogens is 1. The van der Waals surface area contributed by atoms with Crippen LogP contribution >= 0.6 is 0 Å². The fraction of sp³-hybridized carbons (Fsp3) is 0.333. The molecule has 104 valence electrons. The van der Waals surface area contributed by atoms with Crippen molar-refractivity contribution in [3.63, 3.8) is 0 Å². The fourth-order valence-corrected chi connectivity index (χ4v) is 2.57. The van der Waals surface area contributed by atoms with Gasteiger partial charge in [-0.1, -0.05) is 30.3 Å². The second-order valence-electron chi connectivity index (χ2n) is 5.27. The summed E-state index contributed by atoms with van der Waals surface area (Å²) in [4.78, 5) is 26.3. The summed E-state index contributed by atoms with van der Waals surface area (Å²) in [6, 6.07) is 8.77. The van der Waals surface area contributed by atoms with Gasteiger partial charge in [-0.25, -0.2) is 4.79 Å². The van der Waals surface area contributed by atoms with Gasteiger partial charge in [-0.15, -0.1) is 0 Å². The molecule has 1 atom stereocenters. The molecule has 20 heavy (non-hydrogen) atoms. The van der Waals surface area contributed by atoms with Gasteiger partial charge in [-0.05, 0) is 31.2 Å². The molecule has 0 saturated heterocycles. The van der Waals surface area contributed by atoms with Gasteiger partial charge in [0.2, 0.25) is 5.88 Å². The van der Waals surface area contributed by atoms with E-state index in [4.69, 9.17) is 0 Å². The number of nitrogens with zero attached hydrogens (tertiary/aromatic N) is 1. The lowest BCUT2D eigenvalue weighted by molar-refractivity contribution is 0.356. The predicted octanol–water partition coefficient (Wildman–Crippen LogP) is 1.88. The molecule has 1 fully saturated rings. The van der Waals surface area contributed by atoms with E-state index < -0.39 is 11.2 Å². The summed E-state index contributed by atoms with van der Waals surface area (Å²) >= 11 is 0. The van der Waals surface area contributed by atoms with Crippen LogP contribution in [0.5, 0.6) is 5.88 Å². The summed E-state index contributed by atoms with van der Waals surface area (Å²) in [6.07, 6.45) is 2.10. The van der Waals surface area contributed by atoms with Crippen molar-refractivity contribution in [1.82, 2.24) is 9.55 Å². The van der Waals surface area contributed by atoms with Crippen molar-refractivity contribution in [1.29, 1.82) is 0 Å². The van der Waals surface area contributed by atoms with E-state index >= 15 is 0 Å². The predicted molar refractivity (Wildman–Crippen MR) is 75.9 cm³/mol. The van der Waals surface area contributed by atoms with Gasteiger partial charge in [0.1, 0.15) is 5.56 Å². The Hall–Kier alpha value is -2.30. The summed E-state index contributed by atoms with van der Waals surface area (Å²) in [5.41, 5.74) is -0.356. The highest BCUT2D eigenvalue weighted by molar-refractivity contribution is 5.67. The molecule has 1 aliphatic rings. The van der Waals surface area contributed by atoms with Gasteiger partial charge in [0.15, 0.2) is 0 Å². The van der Waals surface area contributed by atoms with E-state index in [2.05, 4.69) is 4.98 Å². The number of aromatic nitrogens is 2. The van der Waals surface area contributed by atoms with E-state index in [9.17, 15) is 14.7 Å². The molecule has 1 heterocycles. The number of aromatic hydroxyl groups is 1. The van der Waals surface area contributed by atoms with Crippen molar-refractivity contribution in [3.8, 4) is 17.0 Å². The Balaban J connectivity index is 2.23. The van der Waals surface area contributed by atoms with Crippen LogP contribution in [0.3, 0.4) is 0 Å². The number of aromatic amines is 1. The molecule has 5 nitrogen and oxygen atoms in total. The molecule has 3 rings (SSSR count). The minimum absolute atomic E-state index is 0.109. The molecule has 1 aliphatic carbocycles. The average Bonchev–Trinajstić information content (AvgIpc) is 3.23. The molecule has 0 aliphatic heterocycles. The first-order valence-corrected chi connectivity index (χ1v) is 6.73. The zero-order valence-corrected chi connectivity index (χ0v) is 11.2. The van der Waals surface area contributed by atoms with Crippen LogP contribution in [-0.4, -0.2) is 14.7 Å². The average molecular weight is 272 g/mol. The molecule has 5 heteroatoms. The van der Waals surface area contributed by atoms with E-state index in [1.165, 1.54) is 4.57 Å². The van der Waals surface area contributed by atoms with Gasteiger partial charge < -0.3 is 5.11 Å². The molecule has 1 unspecified atom stereocenters. The van der Waals surface area contributed by atoms with E-state index in [1.54, 1.807) is 24.3 Å². The van der Waals surface area contributed by atoms with Gasteiger partial charge in [-0.2, -0.15) is 0 Å². The molecular weight excluding hydrogens is 256 g/mol. The van der Waals surface area contributed by atoms with Crippen LogP contribution in [-0.2, 0) is 0 Å². The van der Waals surface area contributed by atoms with Gasteiger partial charge in [0, 0.05) is 6.04 Å². The second kappa shape index (κ2) is 4.67. The zero-order valence-electron chi connectivity index (χ0n) is 11.2. The standard InChI is InChI=1S/C15H16N2O3/c1-9(10-7-8-10)17-14(19)12(13(18)16-15(17)20)11-5-3-2-4-6-11/h2-6,9-10,19H,7-8H2,1H3,(H,16,18,20). The Morgan fingerprint density at radius 3 is 2.50 bits per heavy atom. The molecule has 1 saturated carbocycles. The number of hydrogen-bond acceptors (Lipinski definition) is 3. The quantitative estimate of drug-likeness (QED) is 0.895. The first-order valence-electron chi connectivity index (χ1n) is 6.73. The third-order valence-electron chi connectivity index (χ3n) is 3.89. The molecule has 1 aromatic heterocycles. The third-order valence-corrected chi connectivity index (χ3v) is 3.89. The molecule has 2 N–H and O–H groups in total. The number of nitrogens with one attached hydrogen (secondary N) is 1. The molecular formula is C15H16N2O3. The van der Waals surface area contributed by atoms with E-state index in [-0.39, 0.29) is 17.5 Å². The Morgan fingerprint density at radius 1 is 1.25 bits per heavy atom. The molecule has 0 radical (unpaired) electrons. The summed E-state index contributed by atoms with van der Waals surface area (Å²) in [7, 11) is 0. The first-order chi connectivity index (χ1) is 9.59. The summed E-state index contributed by atoms with van der Waals surface area (Å²) in [6.45, 7) is 1.89. The first kappa shape index (κ1) is 12.7. The van der Waals surface area contributed by atoms with Crippen LogP contribution in [0.1, 0.15) is 25.8 Å². The smallest absolute Gasteiger partial charge is 0.331 e. The van der Waals surface area contributed by atoms with Crippen LogP contribution in [0.2, 0.25) is 0 Å². The van der Waals surface area contributed by atoms with Gasteiger partial charge >= 0.3 is 5.69 Å². The Labute approximate surface area is 115 Å². The highest BCUT2D eigenvalue weighted by Gasteiger charge is 2.32. The van der Waals surface area contributed by atoms with Crippen molar-refractivity contribution in [2.24, 2.45) is 5.92 Å². The minimum Gasteiger partial charge on any atom is -0.494 e. The highest BCUT2D eigenvalue weighted by Crippen LogP contribution is 2.40. The maximum absolute atomic E-state index is 12.0. The normalized spacial score (nSPS) is 16.1. The zero-order chi connectivity index (χ0) is 14.3. The largest absolute Gasteiger partial charge is 0.494 e. The molecule has 2 aromatic rings. The van der Waals surface area contributed by atoms with Crippen molar-refractivity contribution >= 4 is 0 Å². The van der Waals surface area contributed by atoms with E-state index in [0.717, 1.165) is 12.8 Å². The number of hydrogen-bond donors (Lipinski definition) is 2. The second-order valence-corrected chi connectivity index (χ2v) is 5.27. The van der Waals surface area contributed by atoms with Gasteiger partial charge in [-0.3, -0.25) is 14.3 Å². The van der Waals surface area contributed by atoms with Gasteiger partial charge in [0.25, 0.3) is 5.56 Å². The lowest BCUT2D eigenvalue weighted by Crippen LogP contribution is -2.33. The Morgan fingerprint density at radius 2 is 1.90 bits per heavy atom.